The van der Waals surface area contributed by atoms with Gasteiger partial charge in [0.05, 0.1) is 22.6 Å². The standard InChI is InChI=1S/C25H28F3N5O3/c1-30(18-21-17-23(29-36-21)22-8-2-3-9-24(22)33(34)35)10-5-11-31-12-14-32(15-13-31)20-7-4-6-19(16-20)25(26,27)28/h2-4,6-9,16-17H,5,10-15,18H2,1H3. The maximum atomic E-state index is 13.0. The summed E-state index contributed by atoms with van der Waals surface area (Å²) >= 11 is 0. The molecule has 4 rings (SSSR count). The van der Waals surface area contributed by atoms with E-state index in [9.17, 15) is 23.3 Å². The molecule has 0 bridgehead atoms. The van der Waals surface area contributed by atoms with E-state index < -0.39 is 16.7 Å². The summed E-state index contributed by atoms with van der Waals surface area (Å²) in [4.78, 5) is 17.2. The first-order valence-electron chi connectivity index (χ1n) is 11.7. The second-order valence-corrected chi connectivity index (χ2v) is 8.92. The molecular weight excluding hydrogens is 475 g/mol. The van der Waals surface area contributed by atoms with Crippen LogP contribution in [0.5, 0.6) is 0 Å². The summed E-state index contributed by atoms with van der Waals surface area (Å²) in [6.07, 6.45) is -3.41. The van der Waals surface area contributed by atoms with Crippen LogP contribution in [0.2, 0.25) is 0 Å². The van der Waals surface area contributed by atoms with E-state index in [1.54, 1.807) is 30.3 Å². The van der Waals surface area contributed by atoms with Crippen LogP contribution in [0.4, 0.5) is 24.5 Å². The van der Waals surface area contributed by atoms with Gasteiger partial charge in [-0.3, -0.25) is 19.9 Å². The smallest absolute Gasteiger partial charge is 0.369 e. The Labute approximate surface area is 207 Å². The van der Waals surface area contributed by atoms with Gasteiger partial charge >= 0.3 is 6.18 Å². The molecule has 2 heterocycles. The number of piperazine rings is 1. The summed E-state index contributed by atoms with van der Waals surface area (Å²) in [5.74, 6) is 0.625. The van der Waals surface area contributed by atoms with Crippen molar-refractivity contribution < 1.29 is 22.6 Å². The number of rotatable bonds is 9. The number of para-hydroxylation sites is 1. The topological polar surface area (TPSA) is 78.9 Å². The first kappa shape index (κ1) is 25.6. The van der Waals surface area contributed by atoms with Crippen LogP contribution in [-0.4, -0.2) is 66.2 Å². The average Bonchev–Trinajstić information content (AvgIpc) is 3.32. The number of halogens is 3. The molecule has 11 heteroatoms. The molecular formula is C25H28F3N5O3. The third-order valence-corrected chi connectivity index (χ3v) is 6.29. The highest BCUT2D eigenvalue weighted by molar-refractivity contribution is 5.70. The van der Waals surface area contributed by atoms with Crippen LogP contribution in [0.15, 0.2) is 59.1 Å². The average molecular weight is 504 g/mol. The quantitative estimate of drug-likeness (QED) is 0.303. The van der Waals surface area contributed by atoms with Gasteiger partial charge in [-0.25, -0.2) is 0 Å². The van der Waals surface area contributed by atoms with Crippen LogP contribution in [0.3, 0.4) is 0 Å². The molecule has 0 unspecified atom stereocenters. The Bertz CT molecular complexity index is 1180. The Kier molecular flexibility index (Phi) is 7.90. The van der Waals surface area contributed by atoms with Crippen LogP contribution in [0.25, 0.3) is 11.3 Å². The Balaban J connectivity index is 1.21. The lowest BCUT2D eigenvalue weighted by Crippen LogP contribution is -2.47. The minimum atomic E-state index is -4.34. The number of anilines is 1. The molecule has 0 atom stereocenters. The maximum Gasteiger partial charge on any atom is 0.416 e. The second-order valence-electron chi connectivity index (χ2n) is 8.92. The van der Waals surface area contributed by atoms with Crippen LogP contribution in [-0.2, 0) is 12.7 Å². The van der Waals surface area contributed by atoms with E-state index in [0.29, 0.717) is 42.3 Å². The second kappa shape index (κ2) is 11.1. The number of alkyl halides is 3. The zero-order chi connectivity index (χ0) is 25.7. The van der Waals surface area contributed by atoms with Crippen molar-refractivity contribution in [2.45, 2.75) is 19.1 Å². The van der Waals surface area contributed by atoms with Crippen LogP contribution < -0.4 is 4.90 Å². The van der Waals surface area contributed by atoms with Gasteiger partial charge in [-0.15, -0.1) is 0 Å². The summed E-state index contributed by atoms with van der Waals surface area (Å²) in [7, 11) is 1.97. The van der Waals surface area contributed by atoms with Crippen molar-refractivity contribution in [2.24, 2.45) is 0 Å². The monoisotopic (exact) mass is 503 g/mol. The molecule has 1 fully saturated rings. The lowest BCUT2D eigenvalue weighted by Gasteiger charge is -2.36. The molecule has 36 heavy (non-hydrogen) atoms. The van der Waals surface area contributed by atoms with Gasteiger partial charge in [0.25, 0.3) is 5.69 Å². The van der Waals surface area contributed by atoms with E-state index in [1.165, 1.54) is 18.2 Å². The van der Waals surface area contributed by atoms with Gasteiger partial charge in [-0.1, -0.05) is 23.4 Å². The van der Waals surface area contributed by atoms with E-state index in [1.807, 2.05) is 11.9 Å². The summed E-state index contributed by atoms with van der Waals surface area (Å²) in [5, 5.41) is 15.3. The molecule has 1 aliphatic heterocycles. The van der Waals surface area contributed by atoms with Crippen molar-refractivity contribution in [3.05, 3.63) is 76.0 Å². The van der Waals surface area contributed by atoms with E-state index in [2.05, 4.69) is 15.0 Å². The van der Waals surface area contributed by atoms with Crippen LogP contribution >= 0.6 is 0 Å². The van der Waals surface area contributed by atoms with Crippen molar-refractivity contribution in [1.82, 2.24) is 15.0 Å². The predicted molar refractivity (Wildman–Crippen MR) is 130 cm³/mol. The zero-order valence-electron chi connectivity index (χ0n) is 19.9. The number of nitro groups is 1. The first-order valence-corrected chi connectivity index (χ1v) is 11.7. The predicted octanol–water partition coefficient (Wildman–Crippen LogP) is 4.91. The van der Waals surface area contributed by atoms with Crippen molar-refractivity contribution in [2.75, 3.05) is 51.2 Å². The van der Waals surface area contributed by atoms with E-state index in [0.717, 1.165) is 38.7 Å². The summed E-state index contributed by atoms with van der Waals surface area (Å²) in [6.45, 7) is 5.18. The van der Waals surface area contributed by atoms with E-state index >= 15 is 0 Å². The SMILES string of the molecule is CN(CCCN1CCN(c2cccc(C(F)(F)F)c2)CC1)Cc1cc(-c2ccccc2[N+](=O)[O-])no1. The third-order valence-electron chi connectivity index (χ3n) is 6.29. The van der Waals surface area contributed by atoms with Crippen molar-refractivity contribution in [3.63, 3.8) is 0 Å². The van der Waals surface area contributed by atoms with Crippen molar-refractivity contribution >= 4 is 11.4 Å². The van der Waals surface area contributed by atoms with Gasteiger partial charge < -0.3 is 9.42 Å². The number of hydrogen-bond acceptors (Lipinski definition) is 7. The Hall–Kier alpha value is -3.44. The normalized spacial score (nSPS) is 15.0. The first-order chi connectivity index (χ1) is 17.2. The number of aromatic nitrogens is 1. The Morgan fingerprint density at radius 3 is 2.56 bits per heavy atom. The zero-order valence-corrected chi connectivity index (χ0v) is 19.9. The molecule has 1 aliphatic rings. The fourth-order valence-electron chi connectivity index (χ4n) is 4.38. The van der Waals surface area contributed by atoms with Gasteiger partial charge in [0, 0.05) is 44.0 Å². The molecule has 0 spiro atoms. The molecule has 0 aliphatic carbocycles. The van der Waals surface area contributed by atoms with E-state index in [4.69, 9.17) is 4.52 Å². The third kappa shape index (κ3) is 6.41. The lowest BCUT2D eigenvalue weighted by atomic mass is 10.1. The maximum absolute atomic E-state index is 13.0. The number of nitro benzene ring substituents is 1. The Morgan fingerprint density at radius 1 is 1.08 bits per heavy atom. The number of nitrogens with zero attached hydrogens (tertiary/aromatic N) is 5. The molecule has 1 saturated heterocycles. The van der Waals surface area contributed by atoms with Crippen LogP contribution in [0.1, 0.15) is 17.7 Å². The van der Waals surface area contributed by atoms with E-state index in [-0.39, 0.29) is 5.69 Å². The fourth-order valence-corrected chi connectivity index (χ4v) is 4.38. The summed E-state index contributed by atoms with van der Waals surface area (Å²) in [5.41, 5.74) is 0.829. The molecule has 0 saturated carbocycles. The fraction of sp³-hybridized carbons (Fsp3) is 0.400. The Morgan fingerprint density at radius 2 is 1.83 bits per heavy atom. The molecule has 0 radical (unpaired) electrons. The van der Waals surface area contributed by atoms with Crippen molar-refractivity contribution in [3.8, 4) is 11.3 Å². The van der Waals surface area contributed by atoms with Gasteiger partial charge in [-0.2, -0.15) is 13.2 Å². The molecule has 192 valence electrons. The molecule has 2 aromatic carbocycles. The molecule has 8 nitrogen and oxygen atoms in total. The summed E-state index contributed by atoms with van der Waals surface area (Å²) < 4.78 is 44.4. The summed E-state index contributed by atoms with van der Waals surface area (Å²) in [6, 6.07) is 13.7. The highest BCUT2D eigenvalue weighted by Crippen LogP contribution is 2.32. The number of benzene rings is 2. The molecule has 3 aromatic rings. The lowest BCUT2D eigenvalue weighted by molar-refractivity contribution is -0.384. The largest absolute Gasteiger partial charge is 0.416 e. The van der Waals surface area contributed by atoms with Crippen LogP contribution in [0, 0.1) is 10.1 Å². The highest BCUT2D eigenvalue weighted by Gasteiger charge is 2.31. The molecule has 0 amide bonds. The molecule has 1 aromatic heterocycles. The van der Waals surface area contributed by atoms with Gasteiger partial charge in [0.1, 0.15) is 5.69 Å². The minimum Gasteiger partial charge on any atom is -0.369 e. The van der Waals surface area contributed by atoms with Gasteiger partial charge in [-0.05, 0) is 50.8 Å². The van der Waals surface area contributed by atoms with Crippen molar-refractivity contribution in [1.29, 1.82) is 0 Å². The van der Waals surface area contributed by atoms with Gasteiger partial charge in [0.2, 0.25) is 0 Å². The van der Waals surface area contributed by atoms with Gasteiger partial charge in [0.15, 0.2) is 5.76 Å². The minimum absolute atomic E-state index is 0.0149. The molecule has 0 N–H and O–H groups in total. The number of hydrogen-bond donors (Lipinski definition) is 0. The highest BCUT2D eigenvalue weighted by atomic mass is 19.4.